The third-order valence-corrected chi connectivity index (χ3v) is 12.7. The molecular formula is C56H65BF4N2O3. The van der Waals surface area contributed by atoms with Crippen LogP contribution in [0.2, 0.25) is 0 Å². The largest absolute Gasteiger partial charge is 0.673 e. The fourth-order valence-electron chi connectivity index (χ4n) is 9.55. The molecule has 0 saturated heterocycles. The molecule has 1 aliphatic carbocycles. The molecule has 8 rings (SSSR count). The van der Waals surface area contributed by atoms with E-state index in [4.69, 9.17) is 14.2 Å². The maximum absolute atomic E-state index is 9.75. The van der Waals surface area contributed by atoms with E-state index in [1.807, 2.05) is 0 Å². The van der Waals surface area contributed by atoms with Gasteiger partial charge in [-0.05, 0) is 103 Å². The van der Waals surface area contributed by atoms with Gasteiger partial charge in [-0.1, -0.05) is 115 Å². The second kappa shape index (κ2) is 22.1. The lowest BCUT2D eigenvalue weighted by atomic mass is 9.78. The molecule has 5 nitrogen and oxygen atoms in total. The van der Waals surface area contributed by atoms with Gasteiger partial charge in [0.05, 0.1) is 31.3 Å². The van der Waals surface area contributed by atoms with Gasteiger partial charge in [0, 0.05) is 57.5 Å². The Morgan fingerprint density at radius 2 is 1.30 bits per heavy atom. The van der Waals surface area contributed by atoms with E-state index < -0.39 is 7.25 Å². The number of halogens is 4. The molecule has 0 radical (unpaired) electrons. The second-order valence-corrected chi connectivity index (χ2v) is 17.6. The van der Waals surface area contributed by atoms with E-state index in [9.17, 15) is 17.3 Å². The molecule has 1 aromatic heterocycles. The Bertz CT molecular complexity index is 2810. The fraction of sp³-hybridized carbons (Fsp3) is 0.375. The van der Waals surface area contributed by atoms with E-state index in [0.717, 1.165) is 108 Å². The summed E-state index contributed by atoms with van der Waals surface area (Å²) in [5.41, 5.74) is 10.4. The van der Waals surface area contributed by atoms with Crippen molar-refractivity contribution in [3.05, 3.63) is 131 Å². The highest BCUT2D eigenvalue weighted by Crippen LogP contribution is 2.43. The maximum atomic E-state index is 9.75. The Balaban J connectivity index is 0.00000123. The number of allylic oxidation sites excluding steroid dienone is 6. The predicted octanol–water partition coefficient (Wildman–Crippen LogP) is 15.2. The standard InChI is InChI=1S/C56H65N2O3.BF4/c1-7-11-33-57-48(44-17-15-19-46-52(60-35-13-9-3)31-29-50(57)55(44)46)27-23-41-37-39(5)38-42(54(41)40-21-25-43(59-6)26-22-40)24-28-49-45-18-16-20-47-53(61-36-14-10-4)32-30-51(56(45)47)58(49)34-12-8-2;2-1(3,4)5/h15-32,39H,7-14,33-38H2,1-6H3;/q+1;-1. The van der Waals surface area contributed by atoms with Gasteiger partial charge in [0.1, 0.15) is 23.8 Å². The number of benzene rings is 5. The molecule has 2 heterocycles. The first-order chi connectivity index (χ1) is 32.0. The fourth-order valence-corrected chi connectivity index (χ4v) is 9.55. The average molecular weight is 901 g/mol. The van der Waals surface area contributed by atoms with Crippen LogP contribution in [0.15, 0.2) is 114 Å². The van der Waals surface area contributed by atoms with Crippen LogP contribution in [0.5, 0.6) is 17.2 Å². The minimum Gasteiger partial charge on any atom is -0.497 e. The van der Waals surface area contributed by atoms with Crippen molar-refractivity contribution in [1.29, 1.82) is 0 Å². The summed E-state index contributed by atoms with van der Waals surface area (Å²) in [5.74, 6) is 3.33. The van der Waals surface area contributed by atoms with Crippen molar-refractivity contribution in [2.24, 2.45) is 5.92 Å². The SMILES string of the molecule is CCCCOc1ccc2c3c(cccc13)C(/C=C/C1=C(c3ccc(OC)cc3)C(=C/C=c3\c4cccc5c(OCCCC)ccc(c54)n3CCCC)/CC(C)C1)=[N+]2CCCC.F[B-](F)(F)F. The summed E-state index contributed by atoms with van der Waals surface area (Å²) in [6, 6.07) is 31.1. The third kappa shape index (κ3) is 10.9. The zero-order valence-corrected chi connectivity index (χ0v) is 39.6. The average Bonchev–Trinajstić information content (AvgIpc) is 3.78. The molecule has 1 atom stereocenters. The number of aryl methyl sites for hydroxylation is 1. The summed E-state index contributed by atoms with van der Waals surface area (Å²) >= 11 is 0. The van der Waals surface area contributed by atoms with Crippen LogP contribution in [0.25, 0.3) is 44.1 Å². The molecule has 1 unspecified atom stereocenters. The van der Waals surface area contributed by atoms with Gasteiger partial charge >= 0.3 is 7.25 Å². The van der Waals surface area contributed by atoms with Crippen molar-refractivity contribution < 1.29 is 36.0 Å². The third-order valence-electron chi connectivity index (χ3n) is 12.7. The zero-order valence-electron chi connectivity index (χ0n) is 39.6. The lowest BCUT2D eigenvalue weighted by Crippen LogP contribution is -2.16. The molecule has 0 bridgehead atoms. The molecule has 1 aliphatic heterocycles. The highest BCUT2D eigenvalue weighted by Gasteiger charge is 2.32. The molecule has 0 N–H and O–H groups in total. The van der Waals surface area contributed by atoms with Gasteiger partial charge in [-0.25, -0.2) is 0 Å². The molecule has 0 amide bonds. The van der Waals surface area contributed by atoms with Gasteiger partial charge in [0.2, 0.25) is 11.4 Å². The van der Waals surface area contributed by atoms with Crippen LogP contribution in [-0.4, -0.2) is 49.0 Å². The number of aromatic nitrogens is 1. The van der Waals surface area contributed by atoms with E-state index in [1.165, 1.54) is 77.0 Å². The Hall–Kier alpha value is -5.77. The molecule has 66 heavy (non-hydrogen) atoms. The summed E-state index contributed by atoms with van der Waals surface area (Å²) in [7, 11) is -4.26. The molecule has 10 heteroatoms. The molecule has 0 saturated carbocycles. The first kappa shape index (κ1) is 48.2. The number of unbranched alkanes of at least 4 members (excludes halogenated alkanes) is 4. The minimum absolute atomic E-state index is 0.489. The Labute approximate surface area is 388 Å². The van der Waals surface area contributed by atoms with Crippen molar-refractivity contribution in [1.82, 2.24) is 4.57 Å². The van der Waals surface area contributed by atoms with Crippen molar-refractivity contribution in [2.75, 3.05) is 26.9 Å². The van der Waals surface area contributed by atoms with Crippen LogP contribution in [-0.2, 0) is 6.54 Å². The zero-order chi connectivity index (χ0) is 46.8. The Kier molecular flexibility index (Phi) is 16.2. The normalized spacial score (nSPS) is 16.1. The molecule has 348 valence electrons. The molecule has 0 spiro atoms. The van der Waals surface area contributed by atoms with Crippen molar-refractivity contribution in [2.45, 2.75) is 105 Å². The lowest BCUT2D eigenvalue weighted by molar-refractivity contribution is -0.436. The molecular weight excluding hydrogens is 835 g/mol. The summed E-state index contributed by atoms with van der Waals surface area (Å²) in [4.78, 5) is 0. The number of rotatable bonds is 19. The van der Waals surface area contributed by atoms with E-state index in [1.54, 1.807) is 7.11 Å². The van der Waals surface area contributed by atoms with Crippen LogP contribution in [0.1, 0.15) is 110 Å². The smallest absolute Gasteiger partial charge is 0.497 e. The number of hydrogen-bond donors (Lipinski definition) is 0. The Morgan fingerprint density at radius 3 is 1.95 bits per heavy atom. The van der Waals surface area contributed by atoms with Gasteiger partial charge in [0.25, 0.3) is 0 Å². The van der Waals surface area contributed by atoms with Crippen LogP contribution in [0, 0.1) is 5.92 Å². The van der Waals surface area contributed by atoms with E-state index in [0.29, 0.717) is 5.92 Å². The van der Waals surface area contributed by atoms with E-state index >= 15 is 0 Å². The summed E-state index contributed by atoms with van der Waals surface area (Å²) < 4.78 is 62.5. The predicted molar refractivity (Wildman–Crippen MR) is 268 cm³/mol. The first-order valence-electron chi connectivity index (χ1n) is 24.1. The van der Waals surface area contributed by atoms with Crippen LogP contribution in [0.3, 0.4) is 0 Å². The van der Waals surface area contributed by atoms with Crippen molar-refractivity contribution in [3.63, 3.8) is 0 Å². The quantitative estimate of drug-likeness (QED) is 0.0352. The minimum atomic E-state index is -6.00. The molecule has 2 aliphatic rings. The Morgan fingerprint density at radius 1 is 0.682 bits per heavy atom. The van der Waals surface area contributed by atoms with E-state index in [2.05, 4.69) is 153 Å². The van der Waals surface area contributed by atoms with Crippen LogP contribution < -0.4 is 19.6 Å². The van der Waals surface area contributed by atoms with Crippen LogP contribution in [0.4, 0.5) is 23.0 Å². The highest BCUT2D eigenvalue weighted by atomic mass is 19.5. The number of ether oxygens (including phenoxy) is 3. The number of nitrogens with zero attached hydrogens (tertiary/aromatic N) is 2. The van der Waals surface area contributed by atoms with Gasteiger partial charge in [-0.2, -0.15) is 4.58 Å². The number of methoxy groups -OCH3 is 1. The first-order valence-corrected chi connectivity index (χ1v) is 24.1. The second-order valence-electron chi connectivity index (χ2n) is 17.6. The van der Waals surface area contributed by atoms with Gasteiger partial charge < -0.3 is 36.0 Å². The van der Waals surface area contributed by atoms with Crippen molar-refractivity contribution >= 4 is 62.8 Å². The van der Waals surface area contributed by atoms with Crippen molar-refractivity contribution in [3.8, 4) is 17.2 Å². The molecule has 5 aromatic carbocycles. The molecule has 6 aromatic rings. The summed E-state index contributed by atoms with van der Waals surface area (Å²) in [6.07, 6.45) is 20.6. The van der Waals surface area contributed by atoms with E-state index in [-0.39, 0.29) is 0 Å². The van der Waals surface area contributed by atoms with Gasteiger partial charge in [0.15, 0.2) is 0 Å². The summed E-state index contributed by atoms with van der Waals surface area (Å²) in [6.45, 7) is 14.8. The van der Waals surface area contributed by atoms with Gasteiger partial charge in [-0.3, -0.25) is 0 Å². The van der Waals surface area contributed by atoms with Crippen LogP contribution >= 0.6 is 0 Å². The monoisotopic (exact) mass is 901 g/mol. The summed E-state index contributed by atoms with van der Waals surface area (Å²) in [5, 5.41) is 7.58. The lowest BCUT2D eigenvalue weighted by Gasteiger charge is -2.27. The van der Waals surface area contributed by atoms with Gasteiger partial charge in [-0.15, -0.1) is 0 Å². The number of hydrogen-bond acceptors (Lipinski definition) is 3. The molecule has 0 fully saturated rings. The maximum Gasteiger partial charge on any atom is 0.673 e. The topological polar surface area (TPSA) is 35.6 Å². The highest BCUT2D eigenvalue weighted by molar-refractivity contribution is 6.50.